The van der Waals surface area contributed by atoms with Gasteiger partial charge < -0.3 is 9.64 Å². The summed E-state index contributed by atoms with van der Waals surface area (Å²) in [7, 11) is 0. The van der Waals surface area contributed by atoms with Crippen molar-refractivity contribution in [3.05, 3.63) is 40.3 Å². The van der Waals surface area contributed by atoms with Gasteiger partial charge >= 0.3 is 0 Å². The van der Waals surface area contributed by atoms with Gasteiger partial charge in [-0.25, -0.2) is 5.10 Å². The molecule has 0 saturated carbocycles. The summed E-state index contributed by atoms with van der Waals surface area (Å²) in [5, 5.41) is 7.86. The van der Waals surface area contributed by atoms with Crippen molar-refractivity contribution in [2.24, 2.45) is 0 Å². The molecule has 0 spiro atoms. The number of aromatic nitrogens is 2. The van der Waals surface area contributed by atoms with E-state index in [4.69, 9.17) is 4.74 Å². The zero-order chi connectivity index (χ0) is 16.2. The highest BCUT2D eigenvalue weighted by Gasteiger charge is 2.24. The number of likely N-dealkylation sites (tertiary alicyclic amines) is 1. The van der Waals surface area contributed by atoms with Gasteiger partial charge in [0.25, 0.3) is 5.56 Å². The van der Waals surface area contributed by atoms with Crippen LogP contribution in [-0.4, -0.2) is 46.8 Å². The zero-order valence-corrected chi connectivity index (χ0v) is 13.2. The molecule has 1 aromatic carbocycles. The van der Waals surface area contributed by atoms with E-state index in [1.165, 1.54) is 0 Å². The minimum Gasteiger partial charge on any atom is -0.377 e. The number of hydrogen-bond acceptors (Lipinski definition) is 4. The van der Waals surface area contributed by atoms with Gasteiger partial charge in [0, 0.05) is 25.1 Å². The lowest BCUT2D eigenvalue weighted by Crippen LogP contribution is -2.44. The molecule has 6 heteroatoms. The van der Waals surface area contributed by atoms with E-state index in [2.05, 4.69) is 10.2 Å². The van der Waals surface area contributed by atoms with Crippen molar-refractivity contribution in [1.29, 1.82) is 0 Å². The zero-order valence-electron chi connectivity index (χ0n) is 13.2. The van der Waals surface area contributed by atoms with Gasteiger partial charge in [-0.05, 0) is 25.8 Å². The van der Waals surface area contributed by atoms with E-state index < -0.39 is 0 Å². The van der Waals surface area contributed by atoms with Crippen molar-refractivity contribution in [1.82, 2.24) is 15.1 Å². The molecule has 2 heterocycles. The third kappa shape index (κ3) is 3.42. The van der Waals surface area contributed by atoms with Crippen LogP contribution >= 0.6 is 0 Å². The van der Waals surface area contributed by atoms with Crippen LogP contribution in [0.5, 0.6) is 0 Å². The van der Waals surface area contributed by atoms with E-state index in [9.17, 15) is 9.59 Å². The first-order valence-electron chi connectivity index (χ1n) is 8.04. The molecule has 1 atom stereocenters. The van der Waals surface area contributed by atoms with Crippen LogP contribution in [0.1, 0.15) is 25.5 Å². The highest BCUT2D eigenvalue weighted by molar-refractivity contribution is 5.88. The van der Waals surface area contributed by atoms with E-state index in [0.717, 1.165) is 24.8 Å². The smallest absolute Gasteiger partial charge is 0.272 e. The topological polar surface area (TPSA) is 75.3 Å². The molecule has 3 rings (SSSR count). The molecule has 0 radical (unpaired) electrons. The van der Waals surface area contributed by atoms with E-state index >= 15 is 0 Å². The summed E-state index contributed by atoms with van der Waals surface area (Å²) in [5.74, 6) is 0.0269. The van der Waals surface area contributed by atoms with Gasteiger partial charge in [-0.15, -0.1) is 0 Å². The third-order valence-electron chi connectivity index (χ3n) is 4.23. The highest BCUT2D eigenvalue weighted by atomic mass is 16.5. The van der Waals surface area contributed by atoms with Crippen LogP contribution in [-0.2, 0) is 16.0 Å². The number of carbonyl (C=O) groups excluding carboxylic acids is 1. The molecule has 2 aromatic rings. The number of ether oxygens (including phenoxy) is 1. The van der Waals surface area contributed by atoms with Crippen LogP contribution in [0.2, 0.25) is 0 Å². The number of fused-ring (bicyclic) bond motifs is 1. The molecular weight excluding hydrogens is 294 g/mol. The molecule has 1 amide bonds. The summed E-state index contributed by atoms with van der Waals surface area (Å²) in [6.07, 6.45) is 2.27. The minimum absolute atomic E-state index is 0.0269. The van der Waals surface area contributed by atoms with Gasteiger partial charge in [-0.3, -0.25) is 9.59 Å². The summed E-state index contributed by atoms with van der Waals surface area (Å²) in [4.78, 5) is 26.2. The molecule has 23 heavy (non-hydrogen) atoms. The standard InChI is InChI=1S/C17H21N3O3/c1-2-23-12-6-5-9-20(11-12)16(21)10-15-13-7-3-4-8-14(13)17(22)19-18-15/h3-4,7-8,12H,2,5-6,9-11H2,1H3,(H,19,22)/t12-/m1/s1. The Labute approximate surface area is 134 Å². The second kappa shape index (κ2) is 6.91. The Morgan fingerprint density at radius 2 is 2.17 bits per heavy atom. The summed E-state index contributed by atoms with van der Waals surface area (Å²) in [6.45, 7) is 4.02. The van der Waals surface area contributed by atoms with Crippen molar-refractivity contribution in [2.75, 3.05) is 19.7 Å². The lowest BCUT2D eigenvalue weighted by molar-refractivity contribution is -0.134. The number of piperidine rings is 1. The average molecular weight is 315 g/mol. The maximum atomic E-state index is 12.6. The van der Waals surface area contributed by atoms with Crippen LogP contribution in [0.25, 0.3) is 10.8 Å². The summed E-state index contributed by atoms with van der Waals surface area (Å²) < 4.78 is 5.64. The largest absolute Gasteiger partial charge is 0.377 e. The van der Waals surface area contributed by atoms with Crippen LogP contribution in [0.4, 0.5) is 0 Å². The molecule has 1 fully saturated rings. The molecule has 0 aliphatic carbocycles. The second-order valence-corrected chi connectivity index (χ2v) is 5.78. The van der Waals surface area contributed by atoms with Gasteiger partial charge in [-0.1, -0.05) is 18.2 Å². The number of benzene rings is 1. The number of amides is 1. The van der Waals surface area contributed by atoms with Gasteiger partial charge in [-0.2, -0.15) is 5.10 Å². The predicted molar refractivity (Wildman–Crippen MR) is 87.3 cm³/mol. The Bertz CT molecular complexity index is 754. The fourth-order valence-electron chi connectivity index (χ4n) is 3.10. The number of rotatable bonds is 4. The van der Waals surface area contributed by atoms with Crippen LogP contribution in [0.3, 0.4) is 0 Å². The summed E-state index contributed by atoms with van der Waals surface area (Å²) in [5.41, 5.74) is 0.384. The summed E-state index contributed by atoms with van der Waals surface area (Å²) in [6, 6.07) is 7.24. The van der Waals surface area contributed by atoms with Gasteiger partial charge in [0.15, 0.2) is 0 Å². The van der Waals surface area contributed by atoms with Crippen molar-refractivity contribution in [2.45, 2.75) is 32.3 Å². The van der Waals surface area contributed by atoms with Gasteiger partial charge in [0.05, 0.1) is 23.6 Å². The van der Waals surface area contributed by atoms with Crippen molar-refractivity contribution >= 4 is 16.7 Å². The number of H-pyrrole nitrogens is 1. The SMILES string of the molecule is CCO[C@@H]1CCCN(C(=O)Cc2n[nH]c(=O)c3ccccc23)C1. The Kier molecular flexibility index (Phi) is 4.71. The Morgan fingerprint density at radius 3 is 2.96 bits per heavy atom. The molecule has 0 unspecified atom stereocenters. The quantitative estimate of drug-likeness (QED) is 0.927. The number of aromatic amines is 1. The molecule has 0 bridgehead atoms. The Morgan fingerprint density at radius 1 is 1.39 bits per heavy atom. The monoisotopic (exact) mass is 315 g/mol. The van der Waals surface area contributed by atoms with E-state index in [1.54, 1.807) is 12.1 Å². The van der Waals surface area contributed by atoms with Gasteiger partial charge in [0.1, 0.15) is 0 Å². The first kappa shape index (κ1) is 15.7. The first-order chi connectivity index (χ1) is 11.2. The van der Waals surface area contributed by atoms with Crippen molar-refractivity contribution in [3.63, 3.8) is 0 Å². The molecule has 6 nitrogen and oxygen atoms in total. The molecular formula is C17H21N3O3. The highest BCUT2D eigenvalue weighted by Crippen LogP contribution is 2.17. The fourth-order valence-corrected chi connectivity index (χ4v) is 3.10. The van der Waals surface area contributed by atoms with Crippen LogP contribution in [0, 0.1) is 0 Å². The molecule has 1 aliphatic rings. The maximum absolute atomic E-state index is 12.6. The Hall–Kier alpha value is -2.21. The lowest BCUT2D eigenvalue weighted by atomic mass is 10.1. The first-order valence-corrected chi connectivity index (χ1v) is 8.04. The summed E-state index contributed by atoms with van der Waals surface area (Å²) >= 11 is 0. The number of nitrogens with zero attached hydrogens (tertiary/aromatic N) is 2. The predicted octanol–water partition coefficient (Wildman–Crippen LogP) is 1.49. The molecule has 1 aromatic heterocycles. The molecule has 1 aliphatic heterocycles. The van der Waals surface area contributed by atoms with Crippen LogP contribution in [0.15, 0.2) is 29.1 Å². The lowest BCUT2D eigenvalue weighted by Gasteiger charge is -2.32. The number of nitrogens with one attached hydrogen (secondary N) is 1. The second-order valence-electron chi connectivity index (χ2n) is 5.78. The van der Waals surface area contributed by atoms with Crippen molar-refractivity contribution < 1.29 is 9.53 Å². The van der Waals surface area contributed by atoms with Gasteiger partial charge in [0.2, 0.25) is 5.91 Å². The molecule has 122 valence electrons. The number of carbonyl (C=O) groups is 1. The fraction of sp³-hybridized carbons (Fsp3) is 0.471. The van der Waals surface area contributed by atoms with Crippen molar-refractivity contribution in [3.8, 4) is 0 Å². The molecule has 1 saturated heterocycles. The normalized spacial score (nSPS) is 18.3. The third-order valence-corrected chi connectivity index (χ3v) is 4.23. The Balaban J connectivity index is 1.78. The van der Waals surface area contributed by atoms with E-state index in [0.29, 0.717) is 24.2 Å². The number of hydrogen-bond donors (Lipinski definition) is 1. The average Bonchev–Trinajstić information content (AvgIpc) is 2.58. The van der Waals surface area contributed by atoms with E-state index in [1.807, 2.05) is 24.0 Å². The molecule has 1 N–H and O–H groups in total. The van der Waals surface area contributed by atoms with Crippen LogP contribution < -0.4 is 5.56 Å². The maximum Gasteiger partial charge on any atom is 0.272 e. The minimum atomic E-state index is -0.230. The van der Waals surface area contributed by atoms with E-state index in [-0.39, 0.29) is 24.0 Å².